The predicted molar refractivity (Wildman–Crippen MR) is 90.5 cm³/mol. The Bertz CT molecular complexity index is 541. The van der Waals surface area contributed by atoms with Crippen LogP contribution in [0.5, 0.6) is 0 Å². The molecule has 0 atom stereocenters. The lowest BCUT2D eigenvalue weighted by Gasteiger charge is -2.19. The lowest BCUT2D eigenvalue weighted by atomic mass is 10.1. The molecule has 0 spiro atoms. The van der Waals surface area contributed by atoms with Crippen LogP contribution in [0.15, 0.2) is 24.3 Å². The van der Waals surface area contributed by atoms with Gasteiger partial charge >= 0.3 is 0 Å². The van der Waals surface area contributed by atoms with Crippen LogP contribution in [0.25, 0.3) is 0 Å². The van der Waals surface area contributed by atoms with Crippen molar-refractivity contribution in [3.05, 3.63) is 29.8 Å². The molecular formula is C17H25N3O3. The summed E-state index contributed by atoms with van der Waals surface area (Å²) in [6.07, 6.45) is 0.307. The molecule has 0 aromatic heterocycles. The third-order valence-electron chi connectivity index (χ3n) is 3.42. The van der Waals surface area contributed by atoms with Crippen molar-refractivity contribution in [3.63, 3.8) is 0 Å². The van der Waals surface area contributed by atoms with E-state index in [0.29, 0.717) is 43.9 Å². The molecule has 6 heteroatoms. The van der Waals surface area contributed by atoms with Crippen LogP contribution in [0.1, 0.15) is 37.6 Å². The minimum absolute atomic E-state index is 0.00757. The Balaban J connectivity index is 2.43. The molecule has 1 aromatic carbocycles. The molecule has 0 fully saturated rings. The van der Waals surface area contributed by atoms with Gasteiger partial charge in [-0.15, -0.1) is 0 Å². The maximum Gasteiger partial charge on any atom is 0.234 e. The Morgan fingerprint density at radius 1 is 1.04 bits per heavy atom. The van der Waals surface area contributed by atoms with Crippen LogP contribution in [0, 0.1) is 0 Å². The van der Waals surface area contributed by atoms with Crippen molar-refractivity contribution < 1.29 is 14.4 Å². The molecule has 0 aliphatic heterocycles. The van der Waals surface area contributed by atoms with Gasteiger partial charge in [0.1, 0.15) is 0 Å². The number of likely N-dealkylation sites (N-methyl/N-ethyl adjacent to an activating group) is 2. The highest BCUT2D eigenvalue weighted by Crippen LogP contribution is 2.10. The SMILES string of the molecule is CCNC(=O)CN(CC)CCC(=O)Nc1ccc(C(C)=O)cc1. The number of benzene rings is 1. The third-order valence-corrected chi connectivity index (χ3v) is 3.42. The summed E-state index contributed by atoms with van der Waals surface area (Å²) in [5.74, 6) is -0.156. The second-order valence-corrected chi connectivity index (χ2v) is 5.25. The molecule has 1 rings (SSSR count). The molecule has 0 saturated carbocycles. The average molecular weight is 319 g/mol. The number of hydrogen-bond donors (Lipinski definition) is 2. The highest BCUT2D eigenvalue weighted by atomic mass is 16.2. The van der Waals surface area contributed by atoms with Crippen molar-refractivity contribution in [3.8, 4) is 0 Å². The first-order valence-corrected chi connectivity index (χ1v) is 7.86. The maximum atomic E-state index is 12.0. The second-order valence-electron chi connectivity index (χ2n) is 5.25. The summed E-state index contributed by atoms with van der Waals surface area (Å²) in [5, 5.41) is 5.53. The Kier molecular flexibility index (Phi) is 7.97. The summed E-state index contributed by atoms with van der Waals surface area (Å²) in [4.78, 5) is 36.6. The summed E-state index contributed by atoms with van der Waals surface area (Å²) in [6.45, 7) is 7.46. The number of nitrogens with zero attached hydrogens (tertiary/aromatic N) is 1. The molecule has 126 valence electrons. The van der Waals surface area contributed by atoms with Crippen LogP contribution in [0.3, 0.4) is 0 Å². The Labute approximate surface area is 137 Å². The van der Waals surface area contributed by atoms with Gasteiger partial charge in [0, 0.05) is 30.8 Å². The average Bonchev–Trinajstić information content (AvgIpc) is 2.52. The van der Waals surface area contributed by atoms with Crippen LogP contribution in [0.2, 0.25) is 0 Å². The third kappa shape index (κ3) is 7.06. The fraction of sp³-hybridized carbons (Fsp3) is 0.471. The zero-order valence-corrected chi connectivity index (χ0v) is 14.0. The van der Waals surface area contributed by atoms with Gasteiger partial charge in [-0.3, -0.25) is 19.3 Å². The molecule has 6 nitrogen and oxygen atoms in total. The first kappa shape index (κ1) is 18.8. The normalized spacial score (nSPS) is 10.4. The topological polar surface area (TPSA) is 78.5 Å². The van der Waals surface area contributed by atoms with E-state index in [1.807, 2.05) is 18.7 Å². The minimum atomic E-state index is -0.116. The summed E-state index contributed by atoms with van der Waals surface area (Å²) in [6, 6.07) is 6.79. The zero-order valence-electron chi connectivity index (χ0n) is 14.0. The fourth-order valence-electron chi connectivity index (χ4n) is 2.08. The number of carbonyl (C=O) groups excluding carboxylic acids is 3. The molecule has 0 aliphatic carbocycles. The van der Waals surface area contributed by atoms with Crippen molar-refractivity contribution in [1.29, 1.82) is 0 Å². The molecule has 0 radical (unpaired) electrons. The minimum Gasteiger partial charge on any atom is -0.355 e. The van der Waals surface area contributed by atoms with Crippen LogP contribution in [0.4, 0.5) is 5.69 Å². The van der Waals surface area contributed by atoms with E-state index in [-0.39, 0.29) is 17.6 Å². The standard InChI is InChI=1S/C17H25N3O3/c1-4-18-17(23)12-20(5-2)11-10-16(22)19-15-8-6-14(7-9-15)13(3)21/h6-9H,4-5,10-12H2,1-3H3,(H,18,23)(H,19,22). The smallest absolute Gasteiger partial charge is 0.234 e. The number of ketones is 1. The quantitative estimate of drug-likeness (QED) is 0.679. The largest absolute Gasteiger partial charge is 0.355 e. The van der Waals surface area contributed by atoms with Crippen LogP contribution < -0.4 is 10.6 Å². The highest BCUT2D eigenvalue weighted by molar-refractivity contribution is 5.95. The van der Waals surface area contributed by atoms with Crippen molar-refractivity contribution in [1.82, 2.24) is 10.2 Å². The summed E-state index contributed by atoms with van der Waals surface area (Å²) >= 11 is 0. The Morgan fingerprint density at radius 3 is 2.22 bits per heavy atom. The van der Waals surface area contributed by atoms with E-state index in [2.05, 4.69) is 10.6 Å². The van der Waals surface area contributed by atoms with E-state index in [1.165, 1.54) is 6.92 Å². The highest BCUT2D eigenvalue weighted by Gasteiger charge is 2.11. The van der Waals surface area contributed by atoms with Gasteiger partial charge < -0.3 is 10.6 Å². The predicted octanol–water partition coefficient (Wildman–Crippen LogP) is 1.68. The second kappa shape index (κ2) is 9.74. The van der Waals surface area contributed by atoms with Gasteiger partial charge in [-0.05, 0) is 44.7 Å². The molecule has 2 N–H and O–H groups in total. The zero-order chi connectivity index (χ0) is 17.2. The van der Waals surface area contributed by atoms with Gasteiger partial charge in [0.2, 0.25) is 11.8 Å². The summed E-state index contributed by atoms with van der Waals surface area (Å²) in [5.41, 5.74) is 1.27. The van der Waals surface area contributed by atoms with E-state index in [1.54, 1.807) is 24.3 Å². The lowest BCUT2D eigenvalue weighted by molar-refractivity contribution is -0.123. The molecule has 1 aromatic rings. The number of amides is 2. The molecule has 23 heavy (non-hydrogen) atoms. The van der Waals surface area contributed by atoms with Crippen LogP contribution >= 0.6 is 0 Å². The molecule has 0 aliphatic rings. The summed E-state index contributed by atoms with van der Waals surface area (Å²) in [7, 11) is 0. The van der Waals surface area contributed by atoms with Crippen molar-refractivity contribution >= 4 is 23.3 Å². The molecule has 0 heterocycles. The van der Waals surface area contributed by atoms with Crippen LogP contribution in [-0.2, 0) is 9.59 Å². The molecule has 0 saturated heterocycles. The van der Waals surface area contributed by atoms with Crippen LogP contribution in [-0.4, -0.2) is 48.7 Å². The number of hydrogen-bond acceptors (Lipinski definition) is 4. The molecule has 0 unspecified atom stereocenters. The number of carbonyl (C=O) groups is 3. The van der Waals surface area contributed by atoms with Crippen molar-refractivity contribution in [2.24, 2.45) is 0 Å². The van der Waals surface area contributed by atoms with E-state index >= 15 is 0 Å². The van der Waals surface area contributed by atoms with E-state index in [0.717, 1.165) is 0 Å². The monoisotopic (exact) mass is 319 g/mol. The van der Waals surface area contributed by atoms with Crippen molar-refractivity contribution in [2.45, 2.75) is 27.2 Å². The Hall–Kier alpha value is -2.21. The van der Waals surface area contributed by atoms with Gasteiger partial charge in [-0.25, -0.2) is 0 Å². The lowest BCUT2D eigenvalue weighted by Crippen LogP contribution is -2.38. The molecule has 0 bridgehead atoms. The van der Waals surface area contributed by atoms with Gasteiger partial charge in [0.25, 0.3) is 0 Å². The van der Waals surface area contributed by atoms with Gasteiger partial charge in [0.05, 0.1) is 6.54 Å². The van der Waals surface area contributed by atoms with Gasteiger partial charge in [-0.1, -0.05) is 6.92 Å². The molecule has 2 amide bonds. The van der Waals surface area contributed by atoms with Crippen molar-refractivity contribution in [2.75, 3.05) is 31.5 Å². The van der Waals surface area contributed by atoms with Gasteiger partial charge in [0.15, 0.2) is 5.78 Å². The molecular weight excluding hydrogens is 294 g/mol. The summed E-state index contributed by atoms with van der Waals surface area (Å²) < 4.78 is 0. The fourth-order valence-corrected chi connectivity index (χ4v) is 2.08. The number of rotatable bonds is 9. The number of anilines is 1. The number of nitrogens with one attached hydrogen (secondary N) is 2. The van der Waals surface area contributed by atoms with Gasteiger partial charge in [-0.2, -0.15) is 0 Å². The van der Waals surface area contributed by atoms with E-state index in [9.17, 15) is 14.4 Å². The Morgan fingerprint density at radius 2 is 1.70 bits per heavy atom. The maximum absolute atomic E-state index is 12.0. The number of Topliss-reactive ketones (excluding diaryl/α,β-unsaturated/α-hetero) is 1. The first-order chi connectivity index (χ1) is 11.0. The first-order valence-electron chi connectivity index (χ1n) is 7.86. The van der Waals surface area contributed by atoms with E-state index in [4.69, 9.17) is 0 Å². The van der Waals surface area contributed by atoms with E-state index < -0.39 is 0 Å².